The van der Waals surface area contributed by atoms with Crippen LogP contribution in [0.1, 0.15) is 20.3 Å². The number of carbonyl (C=O) groups is 1. The Morgan fingerprint density at radius 3 is 2.06 bits per heavy atom. The maximum atomic E-state index is 10.1. The molecule has 0 fully saturated rings. The van der Waals surface area contributed by atoms with Crippen molar-refractivity contribution in [1.82, 2.24) is 4.98 Å². The highest BCUT2D eigenvalue weighted by molar-refractivity contribution is 5.67. The number of carboxylic acid groups (broad SMARTS) is 1. The van der Waals surface area contributed by atoms with Crippen molar-refractivity contribution in [2.24, 2.45) is 5.41 Å². The monoisotopic (exact) mass is 241 g/mol. The third-order valence-electron chi connectivity index (χ3n) is 2.24. The van der Waals surface area contributed by atoms with E-state index in [2.05, 4.69) is 4.98 Å². The van der Waals surface area contributed by atoms with Crippen LogP contribution in [-0.4, -0.2) is 39.0 Å². The Morgan fingerprint density at radius 2 is 1.82 bits per heavy atom. The SMILES string of the molecule is CC(C)(CO)C(O)CC(=O)O.c1ccncc1. The van der Waals surface area contributed by atoms with Gasteiger partial charge >= 0.3 is 5.97 Å². The van der Waals surface area contributed by atoms with E-state index in [1.807, 2.05) is 18.2 Å². The van der Waals surface area contributed by atoms with Gasteiger partial charge in [-0.25, -0.2) is 0 Å². The summed E-state index contributed by atoms with van der Waals surface area (Å²) in [5.41, 5.74) is -0.738. The van der Waals surface area contributed by atoms with Crippen LogP contribution in [0.15, 0.2) is 30.6 Å². The van der Waals surface area contributed by atoms with Crippen molar-refractivity contribution in [3.8, 4) is 0 Å². The molecule has 96 valence electrons. The molecule has 1 atom stereocenters. The molecule has 1 unspecified atom stereocenters. The lowest BCUT2D eigenvalue weighted by atomic mass is 9.86. The van der Waals surface area contributed by atoms with Crippen molar-refractivity contribution in [3.05, 3.63) is 30.6 Å². The number of hydrogen-bond donors (Lipinski definition) is 3. The quantitative estimate of drug-likeness (QED) is 0.729. The first-order chi connectivity index (χ1) is 7.90. The molecule has 0 bridgehead atoms. The van der Waals surface area contributed by atoms with Gasteiger partial charge in [0.15, 0.2) is 0 Å². The molecule has 1 rings (SSSR count). The maximum absolute atomic E-state index is 10.1. The molecule has 5 nitrogen and oxygen atoms in total. The molecule has 17 heavy (non-hydrogen) atoms. The lowest BCUT2D eigenvalue weighted by Crippen LogP contribution is -2.34. The fraction of sp³-hybridized carbons (Fsp3) is 0.500. The first-order valence-corrected chi connectivity index (χ1v) is 5.26. The van der Waals surface area contributed by atoms with E-state index in [1.54, 1.807) is 26.2 Å². The van der Waals surface area contributed by atoms with Gasteiger partial charge in [-0.3, -0.25) is 9.78 Å². The average molecular weight is 241 g/mol. The molecule has 0 aliphatic rings. The van der Waals surface area contributed by atoms with Crippen LogP contribution in [0.25, 0.3) is 0 Å². The van der Waals surface area contributed by atoms with Crippen LogP contribution < -0.4 is 0 Å². The molecule has 0 amide bonds. The first kappa shape index (κ1) is 15.5. The van der Waals surface area contributed by atoms with E-state index < -0.39 is 17.5 Å². The lowest BCUT2D eigenvalue weighted by molar-refractivity contribution is -0.141. The molecule has 0 aliphatic carbocycles. The zero-order chi connectivity index (χ0) is 13.3. The second-order valence-electron chi connectivity index (χ2n) is 4.28. The highest BCUT2D eigenvalue weighted by Gasteiger charge is 2.28. The summed E-state index contributed by atoms with van der Waals surface area (Å²) in [4.78, 5) is 13.9. The molecule has 0 spiro atoms. The summed E-state index contributed by atoms with van der Waals surface area (Å²) in [5.74, 6) is -1.06. The van der Waals surface area contributed by atoms with Gasteiger partial charge in [-0.2, -0.15) is 0 Å². The standard InChI is InChI=1S/C7H14O4.C5H5N/c1-7(2,4-8)5(9)3-6(10)11;1-2-4-6-5-3-1/h5,8-9H,3-4H2,1-2H3,(H,10,11);1-5H. The van der Waals surface area contributed by atoms with E-state index in [1.165, 1.54) is 0 Å². The highest BCUT2D eigenvalue weighted by atomic mass is 16.4. The van der Waals surface area contributed by atoms with Crippen molar-refractivity contribution in [2.75, 3.05) is 6.61 Å². The fourth-order valence-electron chi connectivity index (χ4n) is 0.860. The molecular formula is C12H19NO4. The van der Waals surface area contributed by atoms with E-state index in [4.69, 9.17) is 10.2 Å². The van der Waals surface area contributed by atoms with Crippen LogP contribution in [0, 0.1) is 5.41 Å². The molecule has 1 aromatic heterocycles. The first-order valence-electron chi connectivity index (χ1n) is 5.26. The number of aliphatic carboxylic acids is 1. The van der Waals surface area contributed by atoms with Crippen molar-refractivity contribution >= 4 is 5.97 Å². The molecule has 5 heteroatoms. The number of rotatable bonds is 4. The Hall–Kier alpha value is -1.46. The molecule has 0 aliphatic heterocycles. The Balaban J connectivity index is 0.000000354. The van der Waals surface area contributed by atoms with Gasteiger partial charge in [-0.05, 0) is 12.1 Å². The van der Waals surface area contributed by atoms with Crippen molar-refractivity contribution < 1.29 is 20.1 Å². The summed E-state index contributed by atoms with van der Waals surface area (Å²) in [6, 6.07) is 5.72. The molecule has 0 radical (unpaired) electrons. The second-order valence-corrected chi connectivity index (χ2v) is 4.28. The van der Waals surface area contributed by atoms with Gasteiger partial charge in [-0.1, -0.05) is 19.9 Å². The maximum Gasteiger partial charge on any atom is 0.305 e. The van der Waals surface area contributed by atoms with Gasteiger partial charge in [0.2, 0.25) is 0 Å². The molecule has 0 saturated carbocycles. The molecule has 1 aromatic rings. The largest absolute Gasteiger partial charge is 0.481 e. The smallest absolute Gasteiger partial charge is 0.305 e. The fourth-order valence-corrected chi connectivity index (χ4v) is 0.860. The number of aromatic nitrogens is 1. The van der Waals surface area contributed by atoms with Crippen molar-refractivity contribution in [1.29, 1.82) is 0 Å². The second kappa shape index (κ2) is 7.76. The number of hydrogen-bond acceptors (Lipinski definition) is 4. The number of aliphatic hydroxyl groups excluding tert-OH is 2. The Bertz CT molecular complexity index is 287. The van der Waals surface area contributed by atoms with Gasteiger partial charge in [0, 0.05) is 17.8 Å². The van der Waals surface area contributed by atoms with Crippen LogP contribution in [0.4, 0.5) is 0 Å². The van der Waals surface area contributed by atoms with E-state index in [9.17, 15) is 9.90 Å². The number of carboxylic acids is 1. The molecule has 0 aromatic carbocycles. The minimum atomic E-state index is -1.06. The van der Waals surface area contributed by atoms with Crippen LogP contribution in [0.2, 0.25) is 0 Å². The Kier molecular flexibility index (Phi) is 7.09. The Morgan fingerprint density at radius 1 is 1.29 bits per heavy atom. The van der Waals surface area contributed by atoms with Gasteiger partial charge in [0.05, 0.1) is 19.1 Å². The summed E-state index contributed by atoms with van der Waals surface area (Å²) in [5, 5.41) is 26.2. The van der Waals surface area contributed by atoms with Crippen molar-refractivity contribution in [3.63, 3.8) is 0 Å². The topological polar surface area (TPSA) is 90.7 Å². The van der Waals surface area contributed by atoms with Gasteiger partial charge < -0.3 is 15.3 Å². The van der Waals surface area contributed by atoms with E-state index >= 15 is 0 Å². The summed E-state index contributed by atoms with van der Waals surface area (Å²) < 4.78 is 0. The summed E-state index contributed by atoms with van der Waals surface area (Å²) in [7, 11) is 0. The third-order valence-corrected chi connectivity index (χ3v) is 2.24. The summed E-state index contributed by atoms with van der Waals surface area (Å²) >= 11 is 0. The number of aliphatic hydroxyl groups is 2. The van der Waals surface area contributed by atoms with Crippen molar-refractivity contribution in [2.45, 2.75) is 26.4 Å². The molecule has 1 heterocycles. The lowest BCUT2D eigenvalue weighted by Gasteiger charge is -2.26. The van der Waals surface area contributed by atoms with Gasteiger partial charge in [-0.15, -0.1) is 0 Å². The Labute approximate surface area is 101 Å². The predicted molar refractivity (Wildman–Crippen MR) is 63.4 cm³/mol. The van der Waals surface area contributed by atoms with Gasteiger partial charge in [0.25, 0.3) is 0 Å². The van der Waals surface area contributed by atoms with Crippen LogP contribution >= 0.6 is 0 Å². The normalized spacial score (nSPS) is 12.2. The molecule has 0 saturated heterocycles. The van der Waals surface area contributed by atoms with E-state index in [0.29, 0.717) is 0 Å². The van der Waals surface area contributed by atoms with Crippen LogP contribution in [-0.2, 0) is 4.79 Å². The van der Waals surface area contributed by atoms with Crippen LogP contribution in [0.3, 0.4) is 0 Å². The number of pyridine rings is 1. The average Bonchev–Trinajstić information content (AvgIpc) is 2.31. The molecule has 3 N–H and O–H groups in total. The number of nitrogens with zero attached hydrogens (tertiary/aromatic N) is 1. The van der Waals surface area contributed by atoms with E-state index in [-0.39, 0.29) is 13.0 Å². The minimum absolute atomic E-state index is 0.221. The summed E-state index contributed by atoms with van der Waals surface area (Å²) in [6.45, 7) is 3.00. The molecular weight excluding hydrogens is 222 g/mol. The van der Waals surface area contributed by atoms with Crippen LogP contribution in [0.5, 0.6) is 0 Å². The highest BCUT2D eigenvalue weighted by Crippen LogP contribution is 2.21. The van der Waals surface area contributed by atoms with Gasteiger partial charge in [0.1, 0.15) is 0 Å². The minimum Gasteiger partial charge on any atom is -0.481 e. The summed E-state index contributed by atoms with van der Waals surface area (Å²) in [6.07, 6.45) is 2.18. The predicted octanol–water partition coefficient (Wildman–Crippen LogP) is 0.922. The third kappa shape index (κ3) is 7.43. The zero-order valence-corrected chi connectivity index (χ0v) is 10.1. The van der Waals surface area contributed by atoms with E-state index in [0.717, 1.165) is 0 Å². The zero-order valence-electron chi connectivity index (χ0n) is 10.1.